The molecular weight excluding hydrogens is 280 g/mol. The van der Waals surface area contributed by atoms with Crippen LogP contribution < -0.4 is 10.6 Å². The number of nitrogens with two attached hydrogens (primary N) is 1. The zero-order valence-electron chi connectivity index (χ0n) is 11.9. The molecule has 1 aliphatic heterocycles. The first-order valence-corrected chi connectivity index (χ1v) is 6.84. The van der Waals surface area contributed by atoms with Crippen molar-refractivity contribution in [3.63, 3.8) is 0 Å². The third-order valence-electron chi connectivity index (χ3n) is 3.77. The SMILES string of the molecule is Cc1ccc(C(=O)C2C(=O)N(C(N)=O)c3ccccc32)cc1. The van der Waals surface area contributed by atoms with E-state index in [4.69, 9.17) is 5.73 Å². The summed E-state index contributed by atoms with van der Waals surface area (Å²) in [4.78, 5) is 37.6. The largest absolute Gasteiger partial charge is 0.351 e. The van der Waals surface area contributed by atoms with Crippen LogP contribution in [-0.4, -0.2) is 17.7 Å². The minimum Gasteiger partial charge on any atom is -0.351 e. The quantitative estimate of drug-likeness (QED) is 0.682. The number of hydrogen-bond donors (Lipinski definition) is 1. The van der Waals surface area contributed by atoms with Gasteiger partial charge in [0.15, 0.2) is 5.78 Å². The van der Waals surface area contributed by atoms with Crippen LogP contribution in [0.5, 0.6) is 0 Å². The molecule has 3 rings (SSSR count). The van der Waals surface area contributed by atoms with E-state index in [2.05, 4.69) is 0 Å². The van der Waals surface area contributed by atoms with Gasteiger partial charge in [0.1, 0.15) is 5.92 Å². The number of anilines is 1. The standard InChI is InChI=1S/C17H14N2O3/c1-10-6-8-11(9-7-10)15(20)14-12-4-2-3-5-13(12)19(16(14)21)17(18)22/h2-9,14H,1H3,(H2,18,22). The number of primary amides is 1. The van der Waals surface area contributed by atoms with Crippen molar-refractivity contribution < 1.29 is 14.4 Å². The molecule has 0 aromatic heterocycles. The minimum atomic E-state index is -1.02. The summed E-state index contributed by atoms with van der Waals surface area (Å²) in [6.45, 7) is 1.92. The van der Waals surface area contributed by atoms with Crippen LogP contribution in [0.25, 0.3) is 0 Å². The van der Waals surface area contributed by atoms with Gasteiger partial charge in [0.05, 0.1) is 5.69 Å². The van der Waals surface area contributed by atoms with Gasteiger partial charge < -0.3 is 5.73 Å². The number of rotatable bonds is 2. The summed E-state index contributed by atoms with van der Waals surface area (Å²) in [5, 5.41) is 0. The van der Waals surface area contributed by atoms with Gasteiger partial charge in [0, 0.05) is 5.56 Å². The summed E-state index contributed by atoms with van der Waals surface area (Å²) < 4.78 is 0. The number of aryl methyl sites for hydroxylation is 1. The van der Waals surface area contributed by atoms with Crippen molar-refractivity contribution in [1.29, 1.82) is 0 Å². The number of Topliss-reactive ketones (excluding diaryl/α,β-unsaturated/α-hetero) is 1. The van der Waals surface area contributed by atoms with E-state index in [-0.39, 0.29) is 5.78 Å². The van der Waals surface area contributed by atoms with Crippen LogP contribution in [0.15, 0.2) is 48.5 Å². The highest BCUT2D eigenvalue weighted by Gasteiger charge is 2.44. The summed E-state index contributed by atoms with van der Waals surface area (Å²) in [6.07, 6.45) is 0. The minimum absolute atomic E-state index is 0.332. The maximum absolute atomic E-state index is 12.7. The Morgan fingerprint density at radius 3 is 2.32 bits per heavy atom. The molecule has 5 nitrogen and oxygen atoms in total. The maximum Gasteiger partial charge on any atom is 0.326 e. The van der Waals surface area contributed by atoms with E-state index in [0.29, 0.717) is 16.8 Å². The average Bonchev–Trinajstić information content (AvgIpc) is 2.79. The highest BCUT2D eigenvalue weighted by molar-refractivity contribution is 6.29. The number of para-hydroxylation sites is 1. The van der Waals surface area contributed by atoms with E-state index in [1.54, 1.807) is 36.4 Å². The third-order valence-corrected chi connectivity index (χ3v) is 3.77. The lowest BCUT2D eigenvalue weighted by Gasteiger charge is -2.12. The highest BCUT2D eigenvalue weighted by Crippen LogP contribution is 2.38. The van der Waals surface area contributed by atoms with Crippen molar-refractivity contribution in [2.45, 2.75) is 12.8 Å². The van der Waals surface area contributed by atoms with Crippen LogP contribution in [0.3, 0.4) is 0 Å². The molecule has 3 amide bonds. The van der Waals surface area contributed by atoms with E-state index in [1.807, 2.05) is 19.1 Å². The molecular formula is C17H14N2O3. The Kier molecular flexibility index (Phi) is 3.25. The molecule has 0 fully saturated rings. The summed E-state index contributed by atoms with van der Waals surface area (Å²) in [5.74, 6) is -1.95. The van der Waals surface area contributed by atoms with Crippen molar-refractivity contribution in [1.82, 2.24) is 0 Å². The third kappa shape index (κ3) is 2.07. The molecule has 1 atom stereocenters. The molecule has 110 valence electrons. The molecule has 0 saturated carbocycles. The Morgan fingerprint density at radius 1 is 1.05 bits per heavy atom. The Bertz CT molecular complexity index is 781. The van der Waals surface area contributed by atoms with E-state index in [1.165, 1.54) is 0 Å². The molecule has 2 aromatic carbocycles. The molecule has 0 radical (unpaired) electrons. The molecule has 5 heteroatoms. The first-order valence-electron chi connectivity index (χ1n) is 6.84. The normalized spacial score (nSPS) is 16.5. The summed E-state index contributed by atoms with van der Waals surface area (Å²) in [5.41, 5.74) is 7.63. The highest BCUT2D eigenvalue weighted by atomic mass is 16.2. The number of urea groups is 1. The number of nitrogens with zero attached hydrogens (tertiary/aromatic N) is 1. The number of hydrogen-bond acceptors (Lipinski definition) is 3. The number of ketones is 1. The predicted molar refractivity (Wildman–Crippen MR) is 81.8 cm³/mol. The van der Waals surface area contributed by atoms with Gasteiger partial charge in [-0.1, -0.05) is 48.0 Å². The smallest absolute Gasteiger partial charge is 0.326 e. The fourth-order valence-electron chi connectivity index (χ4n) is 2.68. The van der Waals surface area contributed by atoms with Crippen LogP contribution in [0, 0.1) is 6.92 Å². The van der Waals surface area contributed by atoms with Gasteiger partial charge in [-0.2, -0.15) is 0 Å². The first kappa shape index (κ1) is 14.0. The van der Waals surface area contributed by atoms with Crippen LogP contribution in [0.1, 0.15) is 27.4 Å². The van der Waals surface area contributed by atoms with Crippen LogP contribution in [-0.2, 0) is 4.79 Å². The van der Waals surface area contributed by atoms with Gasteiger partial charge in [0.25, 0.3) is 5.91 Å². The predicted octanol–water partition coefficient (Wildman–Crippen LogP) is 2.39. The molecule has 0 saturated heterocycles. The van der Waals surface area contributed by atoms with E-state index >= 15 is 0 Å². The van der Waals surface area contributed by atoms with Crippen molar-refractivity contribution in [2.75, 3.05) is 4.90 Å². The molecule has 0 spiro atoms. The fourth-order valence-corrected chi connectivity index (χ4v) is 2.68. The Labute approximate surface area is 127 Å². The molecule has 22 heavy (non-hydrogen) atoms. The maximum atomic E-state index is 12.7. The molecule has 0 bridgehead atoms. The van der Waals surface area contributed by atoms with Crippen molar-refractivity contribution in [2.24, 2.45) is 5.73 Å². The van der Waals surface area contributed by atoms with Gasteiger partial charge in [-0.25, -0.2) is 9.69 Å². The lowest BCUT2D eigenvalue weighted by Crippen LogP contribution is -2.40. The molecule has 1 heterocycles. The first-order chi connectivity index (χ1) is 10.5. The van der Waals surface area contributed by atoms with Crippen LogP contribution in [0.4, 0.5) is 10.5 Å². The topological polar surface area (TPSA) is 80.5 Å². The number of amides is 3. The fraction of sp³-hybridized carbons (Fsp3) is 0.118. The number of carbonyl (C=O) groups excluding carboxylic acids is 3. The van der Waals surface area contributed by atoms with E-state index in [9.17, 15) is 14.4 Å². The van der Waals surface area contributed by atoms with Gasteiger partial charge in [0.2, 0.25) is 0 Å². The second-order valence-electron chi connectivity index (χ2n) is 5.23. The molecule has 1 unspecified atom stereocenters. The van der Waals surface area contributed by atoms with Crippen LogP contribution >= 0.6 is 0 Å². The zero-order valence-corrected chi connectivity index (χ0v) is 11.9. The lowest BCUT2D eigenvalue weighted by atomic mass is 9.91. The number of imide groups is 1. The summed E-state index contributed by atoms with van der Waals surface area (Å²) in [7, 11) is 0. The zero-order chi connectivity index (χ0) is 15.9. The number of fused-ring (bicyclic) bond motifs is 1. The molecule has 0 aliphatic carbocycles. The van der Waals surface area contributed by atoms with Crippen LogP contribution in [0.2, 0.25) is 0 Å². The van der Waals surface area contributed by atoms with Crippen molar-refractivity contribution >= 4 is 23.4 Å². The number of benzene rings is 2. The molecule has 2 N–H and O–H groups in total. The van der Waals surface area contributed by atoms with E-state index < -0.39 is 17.9 Å². The molecule has 2 aromatic rings. The second kappa shape index (κ2) is 5.11. The Morgan fingerprint density at radius 2 is 1.68 bits per heavy atom. The van der Waals surface area contributed by atoms with Gasteiger partial charge >= 0.3 is 6.03 Å². The van der Waals surface area contributed by atoms with Gasteiger partial charge in [-0.15, -0.1) is 0 Å². The monoisotopic (exact) mass is 294 g/mol. The van der Waals surface area contributed by atoms with Gasteiger partial charge in [-0.3, -0.25) is 9.59 Å². The number of carbonyl (C=O) groups is 3. The lowest BCUT2D eigenvalue weighted by molar-refractivity contribution is -0.117. The van der Waals surface area contributed by atoms with Crippen molar-refractivity contribution in [3.05, 3.63) is 65.2 Å². The van der Waals surface area contributed by atoms with Crippen molar-refractivity contribution in [3.8, 4) is 0 Å². The summed E-state index contributed by atoms with van der Waals surface area (Å²) >= 11 is 0. The van der Waals surface area contributed by atoms with Gasteiger partial charge in [-0.05, 0) is 18.6 Å². The summed E-state index contributed by atoms with van der Waals surface area (Å²) in [6, 6.07) is 12.8. The van der Waals surface area contributed by atoms with E-state index in [0.717, 1.165) is 10.5 Å². The molecule has 1 aliphatic rings. The Hall–Kier alpha value is -2.95. The average molecular weight is 294 g/mol. The Balaban J connectivity index is 2.07. The second-order valence-corrected chi connectivity index (χ2v) is 5.23.